The van der Waals surface area contributed by atoms with Crippen LogP contribution in [0.4, 0.5) is 18.9 Å². The van der Waals surface area contributed by atoms with E-state index in [9.17, 15) is 18.0 Å². The molecular weight excluding hydrogens is 346 g/mol. The Hall–Kier alpha value is -1.54. The summed E-state index contributed by atoms with van der Waals surface area (Å²) in [7, 11) is -0.877. The zero-order chi connectivity index (χ0) is 20.1. The average Bonchev–Trinajstić information content (AvgIpc) is 2.65. The molecule has 0 unspecified atom stereocenters. The fraction of sp³-hybridized carbons (Fsp3) is 0.611. The first-order valence-corrected chi connectivity index (χ1v) is 8.43. The third-order valence-corrected chi connectivity index (χ3v) is 4.82. The van der Waals surface area contributed by atoms with Crippen LogP contribution in [0, 0.1) is 5.41 Å². The van der Waals surface area contributed by atoms with Crippen molar-refractivity contribution < 1.29 is 27.3 Å². The maximum Gasteiger partial charge on any atom is 0.496 e. The highest BCUT2D eigenvalue weighted by molar-refractivity contribution is 6.64. The number of alkyl halides is 3. The fourth-order valence-electron chi connectivity index (χ4n) is 2.33. The number of amides is 1. The van der Waals surface area contributed by atoms with Gasteiger partial charge in [-0.3, -0.25) is 4.79 Å². The van der Waals surface area contributed by atoms with Crippen molar-refractivity contribution in [3.8, 4) is 0 Å². The summed E-state index contributed by atoms with van der Waals surface area (Å²) in [4.78, 5) is 12.3. The van der Waals surface area contributed by atoms with E-state index >= 15 is 0 Å². The zero-order valence-electron chi connectivity index (χ0n) is 16.2. The van der Waals surface area contributed by atoms with E-state index in [1.54, 1.807) is 20.8 Å². The first-order valence-electron chi connectivity index (χ1n) is 8.43. The Balaban J connectivity index is 2.47. The molecule has 1 saturated heterocycles. The van der Waals surface area contributed by atoms with E-state index in [0.29, 0.717) is 5.46 Å². The lowest BCUT2D eigenvalue weighted by Gasteiger charge is -2.32. The number of benzene rings is 1. The molecule has 144 valence electrons. The van der Waals surface area contributed by atoms with Crippen LogP contribution in [0.5, 0.6) is 0 Å². The van der Waals surface area contributed by atoms with Crippen LogP contribution in [0.2, 0.25) is 0 Å². The quantitative estimate of drug-likeness (QED) is 0.800. The molecule has 8 heteroatoms. The summed E-state index contributed by atoms with van der Waals surface area (Å²) >= 11 is 0. The summed E-state index contributed by atoms with van der Waals surface area (Å²) in [6.45, 7) is 12.5. The molecule has 1 N–H and O–H groups in total. The third kappa shape index (κ3) is 4.06. The number of rotatable bonds is 2. The van der Waals surface area contributed by atoms with Crippen LogP contribution in [0.1, 0.15) is 54.0 Å². The number of nitrogens with one attached hydrogen (secondary N) is 1. The van der Waals surface area contributed by atoms with Gasteiger partial charge < -0.3 is 14.6 Å². The largest absolute Gasteiger partial charge is 0.496 e. The minimum atomic E-state index is -4.52. The van der Waals surface area contributed by atoms with Gasteiger partial charge in [-0.1, -0.05) is 32.9 Å². The lowest BCUT2D eigenvalue weighted by molar-refractivity contribution is -0.137. The van der Waals surface area contributed by atoms with Crippen LogP contribution in [0.25, 0.3) is 0 Å². The van der Waals surface area contributed by atoms with E-state index in [4.69, 9.17) is 9.31 Å². The first kappa shape index (κ1) is 20.8. The monoisotopic (exact) mass is 371 g/mol. The van der Waals surface area contributed by atoms with Crippen molar-refractivity contribution in [2.45, 2.75) is 65.8 Å². The lowest BCUT2D eigenvalue weighted by Crippen LogP contribution is -2.41. The van der Waals surface area contributed by atoms with Gasteiger partial charge in [-0.25, -0.2) is 0 Å². The number of carbonyl (C=O) groups excluding carboxylic acids is 1. The van der Waals surface area contributed by atoms with E-state index < -0.39 is 41.4 Å². The van der Waals surface area contributed by atoms with Crippen LogP contribution in [0.15, 0.2) is 18.2 Å². The van der Waals surface area contributed by atoms with Crippen LogP contribution in [-0.2, 0) is 20.3 Å². The maximum absolute atomic E-state index is 13.1. The highest BCUT2D eigenvalue weighted by Gasteiger charge is 2.52. The molecule has 0 bridgehead atoms. The number of hydrogen-bond acceptors (Lipinski definition) is 3. The van der Waals surface area contributed by atoms with Crippen LogP contribution < -0.4 is 10.8 Å². The summed E-state index contributed by atoms with van der Waals surface area (Å²) in [5.74, 6) is -0.394. The lowest BCUT2D eigenvalue weighted by atomic mass is 9.77. The molecule has 1 aromatic rings. The highest BCUT2D eigenvalue weighted by atomic mass is 19.4. The van der Waals surface area contributed by atoms with Gasteiger partial charge in [-0.2, -0.15) is 13.2 Å². The molecule has 1 amide bonds. The Kier molecular flexibility index (Phi) is 5.01. The Labute approximate surface area is 152 Å². The van der Waals surface area contributed by atoms with Gasteiger partial charge in [0.1, 0.15) is 0 Å². The van der Waals surface area contributed by atoms with E-state index in [2.05, 4.69) is 5.32 Å². The molecule has 0 saturated carbocycles. The van der Waals surface area contributed by atoms with Crippen molar-refractivity contribution in [1.29, 1.82) is 0 Å². The standard InChI is InChI=1S/C18H25BF3NO3/c1-15(2,3)14(24)23-13-10-11(18(20,21)22)8-9-12(13)19-25-16(4,5)17(6,7)26-19/h8-10H,1-7H3,(H,23,24). The molecule has 0 spiro atoms. The van der Waals surface area contributed by atoms with Crippen molar-refractivity contribution in [2.24, 2.45) is 5.41 Å². The molecule has 0 atom stereocenters. The van der Waals surface area contributed by atoms with Gasteiger partial charge in [0.25, 0.3) is 0 Å². The number of halogens is 3. The van der Waals surface area contributed by atoms with E-state index in [-0.39, 0.29) is 5.69 Å². The van der Waals surface area contributed by atoms with Crippen molar-refractivity contribution in [3.05, 3.63) is 23.8 Å². The molecule has 1 fully saturated rings. The molecule has 1 aliphatic heterocycles. The Morgan fingerprint density at radius 3 is 1.96 bits per heavy atom. The zero-order valence-corrected chi connectivity index (χ0v) is 16.2. The normalized spacial score (nSPS) is 19.5. The SMILES string of the molecule is CC(C)(C)C(=O)Nc1cc(C(F)(F)F)ccc1B1OC(C)(C)C(C)(C)O1. The van der Waals surface area contributed by atoms with Crippen molar-refractivity contribution >= 4 is 24.2 Å². The molecule has 4 nitrogen and oxygen atoms in total. The molecule has 0 radical (unpaired) electrons. The number of anilines is 1. The molecule has 1 aliphatic rings. The van der Waals surface area contributed by atoms with Crippen LogP contribution in [-0.4, -0.2) is 24.2 Å². The second-order valence-corrected chi connectivity index (χ2v) is 8.59. The smallest absolute Gasteiger partial charge is 0.399 e. The average molecular weight is 371 g/mol. The predicted molar refractivity (Wildman–Crippen MR) is 95.2 cm³/mol. The van der Waals surface area contributed by atoms with Gasteiger partial charge >= 0.3 is 13.3 Å². The Morgan fingerprint density at radius 1 is 1.04 bits per heavy atom. The maximum atomic E-state index is 13.1. The topological polar surface area (TPSA) is 47.6 Å². The molecule has 1 heterocycles. The van der Waals surface area contributed by atoms with Crippen LogP contribution >= 0.6 is 0 Å². The molecule has 0 aliphatic carbocycles. The van der Waals surface area contributed by atoms with E-state index in [0.717, 1.165) is 12.1 Å². The van der Waals surface area contributed by atoms with Gasteiger partial charge in [-0.05, 0) is 33.8 Å². The Bertz CT molecular complexity index is 693. The van der Waals surface area contributed by atoms with Crippen molar-refractivity contribution in [1.82, 2.24) is 0 Å². The van der Waals surface area contributed by atoms with E-state index in [1.165, 1.54) is 6.07 Å². The van der Waals surface area contributed by atoms with Crippen molar-refractivity contribution in [2.75, 3.05) is 5.32 Å². The summed E-state index contributed by atoms with van der Waals surface area (Å²) in [6.07, 6.45) is -4.52. The van der Waals surface area contributed by atoms with Gasteiger partial charge in [0.2, 0.25) is 5.91 Å². The summed E-state index contributed by atoms with van der Waals surface area (Å²) < 4.78 is 51.2. The summed E-state index contributed by atoms with van der Waals surface area (Å²) in [5.41, 5.74) is -2.51. The number of hydrogen-bond donors (Lipinski definition) is 1. The molecule has 26 heavy (non-hydrogen) atoms. The Morgan fingerprint density at radius 2 is 1.54 bits per heavy atom. The van der Waals surface area contributed by atoms with E-state index in [1.807, 2.05) is 27.7 Å². The van der Waals surface area contributed by atoms with Gasteiger partial charge in [0.05, 0.1) is 16.8 Å². The van der Waals surface area contributed by atoms with Gasteiger partial charge in [0.15, 0.2) is 0 Å². The second-order valence-electron chi connectivity index (χ2n) is 8.59. The van der Waals surface area contributed by atoms with Gasteiger partial charge in [0, 0.05) is 16.6 Å². The predicted octanol–water partition coefficient (Wildman–Crippen LogP) is 3.99. The molecular formula is C18H25BF3NO3. The van der Waals surface area contributed by atoms with Crippen LogP contribution in [0.3, 0.4) is 0 Å². The first-order chi connectivity index (χ1) is 11.5. The molecule has 0 aromatic heterocycles. The highest BCUT2D eigenvalue weighted by Crippen LogP contribution is 2.38. The van der Waals surface area contributed by atoms with Gasteiger partial charge in [-0.15, -0.1) is 0 Å². The summed E-state index contributed by atoms with van der Waals surface area (Å²) in [6, 6.07) is 3.18. The summed E-state index contributed by atoms with van der Waals surface area (Å²) in [5, 5.41) is 2.60. The van der Waals surface area contributed by atoms with Crippen molar-refractivity contribution in [3.63, 3.8) is 0 Å². The second kappa shape index (κ2) is 6.27. The molecule has 2 rings (SSSR count). The minimum Gasteiger partial charge on any atom is -0.399 e. The fourth-order valence-corrected chi connectivity index (χ4v) is 2.33. The number of carbonyl (C=O) groups is 1. The molecule has 1 aromatic carbocycles. The third-order valence-electron chi connectivity index (χ3n) is 4.82. The minimum absolute atomic E-state index is 0.0400.